The van der Waals surface area contributed by atoms with Gasteiger partial charge in [-0.3, -0.25) is 0 Å². The Kier molecular flexibility index (Phi) is 9.25. The van der Waals surface area contributed by atoms with Crippen LogP contribution in [0.1, 0.15) is 27.2 Å². The highest BCUT2D eigenvalue weighted by molar-refractivity contribution is 9.09. The van der Waals surface area contributed by atoms with Crippen LogP contribution in [0.15, 0.2) is 0 Å². The zero-order chi connectivity index (χ0) is 10.1. The first-order valence-corrected chi connectivity index (χ1v) is 6.08. The molecule has 0 amide bonds. The molecule has 1 atom stereocenters. The first kappa shape index (κ1) is 13.4. The van der Waals surface area contributed by atoms with E-state index in [1.165, 1.54) is 0 Å². The predicted molar refractivity (Wildman–Crippen MR) is 59.5 cm³/mol. The summed E-state index contributed by atoms with van der Waals surface area (Å²) in [5.74, 6) is 0.638. The number of alkyl halides is 1. The first-order valence-electron chi connectivity index (χ1n) is 4.96. The van der Waals surface area contributed by atoms with Crippen LogP contribution >= 0.6 is 15.9 Å². The molecule has 0 radical (unpaired) electrons. The molecule has 13 heavy (non-hydrogen) atoms. The van der Waals surface area contributed by atoms with E-state index in [4.69, 9.17) is 9.47 Å². The standard InChI is InChI=1S/C10H21BrO2/c1-4-10(7-11)8-12-5-6-13-9(2)3/h9-10H,4-8H2,1-3H3. The van der Waals surface area contributed by atoms with E-state index in [0.29, 0.717) is 25.2 Å². The van der Waals surface area contributed by atoms with Crippen molar-refractivity contribution in [3.8, 4) is 0 Å². The van der Waals surface area contributed by atoms with Crippen LogP contribution in [-0.4, -0.2) is 31.3 Å². The largest absolute Gasteiger partial charge is 0.379 e. The summed E-state index contributed by atoms with van der Waals surface area (Å²) in [7, 11) is 0. The topological polar surface area (TPSA) is 18.5 Å². The molecular formula is C10H21BrO2. The van der Waals surface area contributed by atoms with Crippen LogP contribution in [0.2, 0.25) is 0 Å². The summed E-state index contributed by atoms with van der Waals surface area (Å²) in [6.07, 6.45) is 1.47. The van der Waals surface area contributed by atoms with Gasteiger partial charge in [-0.15, -0.1) is 0 Å². The average Bonchev–Trinajstić information content (AvgIpc) is 2.11. The van der Waals surface area contributed by atoms with Crippen LogP contribution < -0.4 is 0 Å². The fourth-order valence-corrected chi connectivity index (χ4v) is 1.51. The van der Waals surface area contributed by atoms with E-state index in [9.17, 15) is 0 Å². The molecule has 0 rings (SSSR count). The lowest BCUT2D eigenvalue weighted by Gasteiger charge is -2.12. The van der Waals surface area contributed by atoms with Crippen LogP contribution in [0, 0.1) is 5.92 Å². The van der Waals surface area contributed by atoms with Gasteiger partial charge in [0.25, 0.3) is 0 Å². The van der Waals surface area contributed by atoms with Crippen molar-refractivity contribution in [2.24, 2.45) is 5.92 Å². The highest BCUT2D eigenvalue weighted by atomic mass is 79.9. The minimum Gasteiger partial charge on any atom is -0.379 e. The second-order valence-electron chi connectivity index (χ2n) is 3.42. The van der Waals surface area contributed by atoms with Gasteiger partial charge in [-0.05, 0) is 19.8 Å². The molecule has 0 N–H and O–H groups in total. The summed E-state index contributed by atoms with van der Waals surface area (Å²) < 4.78 is 10.8. The van der Waals surface area contributed by atoms with Crippen molar-refractivity contribution in [2.75, 3.05) is 25.2 Å². The SMILES string of the molecule is CCC(CBr)COCCOC(C)C. The van der Waals surface area contributed by atoms with E-state index in [1.54, 1.807) is 0 Å². The molecule has 80 valence electrons. The molecule has 0 aliphatic carbocycles. The molecule has 3 heteroatoms. The minimum absolute atomic E-state index is 0.307. The second kappa shape index (κ2) is 8.97. The van der Waals surface area contributed by atoms with Crippen molar-refractivity contribution in [3.05, 3.63) is 0 Å². The Hall–Kier alpha value is 0.400. The summed E-state index contributed by atoms with van der Waals surface area (Å²) in [5.41, 5.74) is 0. The van der Waals surface area contributed by atoms with Crippen molar-refractivity contribution < 1.29 is 9.47 Å². The Morgan fingerprint density at radius 2 is 1.92 bits per heavy atom. The van der Waals surface area contributed by atoms with Crippen LogP contribution in [0.3, 0.4) is 0 Å². The lowest BCUT2D eigenvalue weighted by atomic mass is 10.1. The summed E-state index contributed by atoms with van der Waals surface area (Å²) in [6.45, 7) is 8.50. The molecule has 0 heterocycles. The number of ether oxygens (including phenoxy) is 2. The molecule has 1 unspecified atom stereocenters. The molecular weight excluding hydrogens is 232 g/mol. The van der Waals surface area contributed by atoms with Crippen molar-refractivity contribution in [2.45, 2.75) is 33.3 Å². The van der Waals surface area contributed by atoms with Crippen molar-refractivity contribution >= 4 is 15.9 Å². The number of halogens is 1. The molecule has 0 fully saturated rings. The van der Waals surface area contributed by atoms with Crippen LogP contribution in [0.5, 0.6) is 0 Å². The Labute approximate surface area is 90.1 Å². The van der Waals surface area contributed by atoms with Crippen molar-refractivity contribution in [1.29, 1.82) is 0 Å². The predicted octanol–water partition coefficient (Wildman–Crippen LogP) is 2.85. The Morgan fingerprint density at radius 3 is 2.38 bits per heavy atom. The molecule has 2 nitrogen and oxygen atoms in total. The Bertz CT molecular complexity index is 103. The Morgan fingerprint density at radius 1 is 1.23 bits per heavy atom. The van der Waals surface area contributed by atoms with E-state index < -0.39 is 0 Å². The summed E-state index contributed by atoms with van der Waals surface area (Å²) in [6, 6.07) is 0. The van der Waals surface area contributed by atoms with Gasteiger partial charge in [0.1, 0.15) is 0 Å². The fourth-order valence-electron chi connectivity index (χ4n) is 0.864. The zero-order valence-corrected chi connectivity index (χ0v) is 10.5. The van der Waals surface area contributed by atoms with E-state index in [1.807, 2.05) is 13.8 Å². The third kappa shape index (κ3) is 8.72. The van der Waals surface area contributed by atoms with E-state index >= 15 is 0 Å². The monoisotopic (exact) mass is 252 g/mol. The van der Waals surface area contributed by atoms with Crippen molar-refractivity contribution in [3.63, 3.8) is 0 Å². The molecule has 0 aliphatic heterocycles. The van der Waals surface area contributed by atoms with Crippen molar-refractivity contribution in [1.82, 2.24) is 0 Å². The Balaban J connectivity index is 3.14. The zero-order valence-electron chi connectivity index (χ0n) is 8.88. The van der Waals surface area contributed by atoms with Crippen LogP contribution in [0.25, 0.3) is 0 Å². The van der Waals surface area contributed by atoms with Crippen LogP contribution in [-0.2, 0) is 9.47 Å². The third-order valence-electron chi connectivity index (χ3n) is 1.83. The van der Waals surface area contributed by atoms with Gasteiger partial charge in [0.15, 0.2) is 0 Å². The normalized spacial score (nSPS) is 13.6. The van der Waals surface area contributed by atoms with Gasteiger partial charge in [0, 0.05) is 5.33 Å². The molecule has 0 bridgehead atoms. The molecule has 0 spiro atoms. The third-order valence-corrected chi connectivity index (χ3v) is 2.74. The second-order valence-corrected chi connectivity index (χ2v) is 4.07. The van der Waals surface area contributed by atoms with E-state index in [2.05, 4.69) is 22.9 Å². The summed E-state index contributed by atoms with van der Waals surface area (Å²) >= 11 is 3.46. The van der Waals surface area contributed by atoms with Gasteiger partial charge < -0.3 is 9.47 Å². The lowest BCUT2D eigenvalue weighted by molar-refractivity contribution is 0.0116. The average molecular weight is 253 g/mol. The van der Waals surface area contributed by atoms with Gasteiger partial charge in [-0.25, -0.2) is 0 Å². The molecule has 0 aromatic carbocycles. The summed E-state index contributed by atoms with van der Waals surface area (Å²) in [4.78, 5) is 0. The minimum atomic E-state index is 0.307. The number of hydrogen-bond donors (Lipinski definition) is 0. The maximum Gasteiger partial charge on any atom is 0.0703 e. The maximum absolute atomic E-state index is 5.47. The first-order chi connectivity index (χ1) is 6.20. The van der Waals surface area contributed by atoms with Gasteiger partial charge >= 0.3 is 0 Å². The quantitative estimate of drug-likeness (QED) is 0.489. The highest BCUT2D eigenvalue weighted by Gasteiger charge is 2.03. The van der Waals surface area contributed by atoms with E-state index in [0.717, 1.165) is 18.4 Å². The lowest BCUT2D eigenvalue weighted by Crippen LogP contribution is -2.14. The van der Waals surface area contributed by atoms with Crippen LogP contribution in [0.4, 0.5) is 0 Å². The van der Waals surface area contributed by atoms with Gasteiger partial charge in [-0.1, -0.05) is 29.3 Å². The smallest absolute Gasteiger partial charge is 0.0703 e. The molecule has 0 saturated carbocycles. The maximum atomic E-state index is 5.47. The summed E-state index contributed by atoms with van der Waals surface area (Å²) in [5, 5.41) is 1.02. The number of rotatable bonds is 8. The van der Waals surface area contributed by atoms with E-state index in [-0.39, 0.29) is 0 Å². The molecule has 0 aromatic rings. The molecule has 0 aromatic heterocycles. The van der Waals surface area contributed by atoms with Gasteiger partial charge in [0.05, 0.1) is 25.9 Å². The number of hydrogen-bond acceptors (Lipinski definition) is 2. The van der Waals surface area contributed by atoms with Gasteiger partial charge in [-0.2, -0.15) is 0 Å². The fraction of sp³-hybridized carbons (Fsp3) is 1.00. The highest BCUT2D eigenvalue weighted by Crippen LogP contribution is 2.06. The molecule has 0 aliphatic rings. The van der Waals surface area contributed by atoms with Gasteiger partial charge in [0.2, 0.25) is 0 Å². The molecule has 0 saturated heterocycles.